The Morgan fingerprint density at radius 1 is 0.938 bits per heavy atom. The predicted molar refractivity (Wildman–Crippen MR) is 66.6 cm³/mol. The smallest absolute Gasteiger partial charge is 0.0431 e. The van der Waals surface area contributed by atoms with Gasteiger partial charge in [-0.15, -0.1) is 0 Å². The van der Waals surface area contributed by atoms with Crippen molar-refractivity contribution < 1.29 is 5.11 Å². The van der Waals surface area contributed by atoms with Crippen molar-refractivity contribution >= 4 is 0 Å². The minimum Gasteiger partial charge on any atom is -0.396 e. The Kier molecular flexibility index (Phi) is 5.07. The molecule has 0 aromatic carbocycles. The maximum Gasteiger partial charge on any atom is 0.0431 e. The highest BCUT2D eigenvalue weighted by atomic mass is 16.2. The van der Waals surface area contributed by atoms with E-state index in [2.05, 4.69) is 9.80 Å². The molecule has 1 aliphatic carbocycles. The number of aliphatic hydroxyl groups is 1. The van der Waals surface area contributed by atoms with E-state index < -0.39 is 0 Å². The van der Waals surface area contributed by atoms with Gasteiger partial charge in [0.25, 0.3) is 0 Å². The van der Waals surface area contributed by atoms with E-state index in [1.165, 1.54) is 58.4 Å². The molecule has 1 saturated heterocycles. The van der Waals surface area contributed by atoms with E-state index >= 15 is 0 Å². The van der Waals surface area contributed by atoms with E-state index in [9.17, 15) is 0 Å². The summed E-state index contributed by atoms with van der Waals surface area (Å²) < 4.78 is 0. The SMILES string of the molecule is OCCCCN1CCN(C2CCCC2)CC1. The summed E-state index contributed by atoms with van der Waals surface area (Å²) in [5, 5.41) is 8.75. The van der Waals surface area contributed by atoms with E-state index in [1.807, 2.05) is 0 Å². The number of unbranched alkanes of at least 4 members (excludes halogenated alkanes) is 1. The molecule has 1 N–H and O–H groups in total. The second kappa shape index (κ2) is 6.58. The Morgan fingerprint density at radius 3 is 2.25 bits per heavy atom. The molecule has 3 nitrogen and oxygen atoms in total. The van der Waals surface area contributed by atoms with Crippen LogP contribution in [0.3, 0.4) is 0 Å². The Bertz CT molecular complexity index is 184. The maximum absolute atomic E-state index is 8.75. The Hall–Kier alpha value is -0.120. The zero-order valence-corrected chi connectivity index (χ0v) is 10.4. The summed E-state index contributed by atoms with van der Waals surface area (Å²) in [7, 11) is 0. The van der Waals surface area contributed by atoms with Gasteiger partial charge < -0.3 is 10.0 Å². The molecule has 1 saturated carbocycles. The van der Waals surface area contributed by atoms with Gasteiger partial charge >= 0.3 is 0 Å². The van der Waals surface area contributed by atoms with Gasteiger partial charge in [-0.25, -0.2) is 0 Å². The van der Waals surface area contributed by atoms with Crippen molar-refractivity contribution in [3.8, 4) is 0 Å². The summed E-state index contributed by atoms with van der Waals surface area (Å²) >= 11 is 0. The van der Waals surface area contributed by atoms with Crippen LogP contribution >= 0.6 is 0 Å². The van der Waals surface area contributed by atoms with Gasteiger partial charge in [0, 0.05) is 38.8 Å². The lowest BCUT2D eigenvalue weighted by Crippen LogP contribution is -2.49. The molecular formula is C13H26N2O. The van der Waals surface area contributed by atoms with Gasteiger partial charge in [0.15, 0.2) is 0 Å². The monoisotopic (exact) mass is 226 g/mol. The summed E-state index contributed by atoms with van der Waals surface area (Å²) in [5.41, 5.74) is 0. The minimum atomic E-state index is 0.349. The van der Waals surface area contributed by atoms with E-state index in [4.69, 9.17) is 5.11 Å². The van der Waals surface area contributed by atoms with Crippen molar-refractivity contribution in [2.45, 2.75) is 44.6 Å². The van der Waals surface area contributed by atoms with Gasteiger partial charge in [-0.2, -0.15) is 0 Å². The molecule has 0 amide bonds. The molecule has 0 spiro atoms. The van der Waals surface area contributed by atoms with Gasteiger partial charge in [0.1, 0.15) is 0 Å². The summed E-state index contributed by atoms with van der Waals surface area (Å²) in [4.78, 5) is 5.26. The Morgan fingerprint density at radius 2 is 1.62 bits per heavy atom. The predicted octanol–water partition coefficient (Wildman–Crippen LogP) is 1.32. The fraction of sp³-hybridized carbons (Fsp3) is 1.00. The van der Waals surface area contributed by atoms with Gasteiger partial charge in [-0.3, -0.25) is 4.90 Å². The summed E-state index contributed by atoms with van der Waals surface area (Å²) in [6.07, 6.45) is 7.88. The number of aliphatic hydroxyl groups excluding tert-OH is 1. The molecule has 0 bridgehead atoms. The van der Waals surface area contributed by atoms with E-state index in [0.29, 0.717) is 6.61 Å². The van der Waals surface area contributed by atoms with Crippen LogP contribution in [0.25, 0.3) is 0 Å². The van der Waals surface area contributed by atoms with Crippen LogP contribution in [-0.2, 0) is 0 Å². The van der Waals surface area contributed by atoms with E-state index in [-0.39, 0.29) is 0 Å². The van der Waals surface area contributed by atoms with Crippen LogP contribution in [0.4, 0.5) is 0 Å². The van der Waals surface area contributed by atoms with Crippen LogP contribution in [-0.4, -0.2) is 60.3 Å². The molecule has 2 aliphatic rings. The average molecular weight is 226 g/mol. The van der Waals surface area contributed by atoms with Crippen molar-refractivity contribution in [1.82, 2.24) is 9.80 Å². The highest BCUT2D eigenvalue weighted by Gasteiger charge is 2.25. The number of hydrogen-bond acceptors (Lipinski definition) is 3. The summed E-state index contributed by atoms with van der Waals surface area (Å²) in [6, 6.07) is 0.902. The van der Waals surface area contributed by atoms with Crippen molar-refractivity contribution in [2.75, 3.05) is 39.3 Å². The average Bonchev–Trinajstić information content (AvgIpc) is 2.84. The Labute approximate surface area is 99.4 Å². The molecule has 2 rings (SSSR count). The highest BCUT2D eigenvalue weighted by molar-refractivity contribution is 4.81. The zero-order chi connectivity index (χ0) is 11.2. The lowest BCUT2D eigenvalue weighted by atomic mass is 10.1. The van der Waals surface area contributed by atoms with Gasteiger partial charge in [-0.1, -0.05) is 12.8 Å². The second-order valence-corrected chi connectivity index (χ2v) is 5.25. The van der Waals surface area contributed by atoms with Crippen molar-refractivity contribution in [1.29, 1.82) is 0 Å². The highest BCUT2D eigenvalue weighted by Crippen LogP contribution is 2.24. The third kappa shape index (κ3) is 3.44. The third-order valence-corrected chi connectivity index (χ3v) is 4.13. The van der Waals surface area contributed by atoms with Crippen molar-refractivity contribution in [2.24, 2.45) is 0 Å². The number of rotatable bonds is 5. The van der Waals surface area contributed by atoms with Crippen molar-refractivity contribution in [3.63, 3.8) is 0 Å². The van der Waals surface area contributed by atoms with Gasteiger partial charge in [0.05, 0.1) is 0 Å². The first-order chi connectivity index (χ1) is 7.90. The zero-order valence-electron chi connectivity index (χ0n) is 10.4. The van der Waals surface area contributed by atoms with Crippen LogP contribution in [0.5, 0.6) is 0 Å². The van der Waals surface area contributed by atoms with Crippen LogP contribution in [0.15, 0.2) is 0 Å². The summed E-state index contributed by atoms with van der Waals surface area (Å²) in [5.74, 6) is 0. The van der Waals surface area contributed by atoms with E-state index in [0.717, 1.165) is 18.9 Å². The fourth-order valence-corrected chi connectivity index (χ4v) is 3.07. The first-order valence-corrected chi connectivity index (χ1v) is 6.97. The molecule has 0 aromatic heterocycles. The topological polar surface area (TPSA) is 26.7 Å². The Balaban J connectivity index is 1.62. The number of piperazine rings is 1. The van der Waals surface area contributed by atoms with Crippen LogP contribution < -0.4 is 0 Å². The maximum atomic E-state index is 8.75. The molecule has 0 atom stereocenters. The molecular weight excluding hydrogens is 200 g/mol. The molecule has 16 heavy (non-hydrogen) atoms. The molecule has 1 heterocycles. The molecule has 0 unspecified atom stereocenters. The normalized spacial score (nSPS) is 25.3. The van der Waals surface area contributed by atoms with Gasteiger partial charge in [0.2, 0.25) is 0 Å². The quantitative estimate of drug-likeness (QED) is 0.716. The lowest BCUT2D eigenvalue weighted by Gasteiger charge is -2.38. The lowest BCUT2D eigenvalue weighted by molar-refractivity contribution is 0.0957. The standard InChI is InChI=1S/C13H26N2O/c16-12-4-3-7-14-8-10-15(11-9-14)13-5-1-2-6-13/h13,16H,1-12H2. The van der Waals surface area contributed by atoms with Crippen molar-refractivity contribution in [3.05, 3.63) is 0 Å². The number of hydrogen-bond donors (Lipinski definition) is 1. The van der Waals surface area contributed by atoms with Crippen LogP contribution in [0.2, 0.25) is 0 Å². The van der Waals surface area contributed by atoms with Crippen LogP contribution in [0.1, 0.15) is 38.5 Å². The van der Waals surface area contributed by atoms with E-state index in [1.54, 1.807) is 0 Å². The summed E-state index contributed by atoms with van der Waals surface area (Å²) in [6.45, 7) is 6.54. The molecule has 0 radical (unpaired) electrons. The third-order valence-electron chi connectivity index (χ3n) is 4.13. The van der Waals surface area contributed by atoms with Gasteiger partial charge in [-0.05, 0) is 32.2 Å². The molecule has 94 valence electrons. The molecule has 3 heteroatoms. The van der Waals surface area contributed by atoms with Crippen LogP contribution in [0, 0.1) is 0 Å². The molecule has 2 fully saturated rings. The first-order valence-electron chi connectivity index (χ1n) is 6.97. The fourth-order valence-electron chi connectivity index (χ4n) is 3.07. The molecule has 1 aliphatic heterocycles. The number of nitrogens with zero attached hydrogens (tertiary/aromatic N) is 2. The second-order valence-electron chi connectivity index (χ2n) is 5.25. The minimum absolute atomic E-state index is 0.349. The molecule has 0 aromatic rings. The first kappa shape index (κ1) is 12.3. The largest absolute Gasteiger partial charge is 0.396 e.